The van der Waals surface area contributed by atoms with E-state index in [2.05, 4.69) is 0 Å². The third-order valence-corrected chi connectivity index (χ3v) is 5.38. The van der Waals surface area contributed by atoms with E-state index in [0.29, 0.717) is 5.56 Å². The van der Waals surface area contributed by atoms with E-state index >= 15 is 0 Å². The zero-order valence-electron chi connectivity index (χ0n) is 17.7. The minimum Gasteiger partial charge on any atom is -0.440 e. The van der Waals surface area contributed by atoms with Crippen molar-refractivity contribution in [2.75, 3.05) is 0 Å². The third-order valence-electron chi connectivity index (χ3n) is 5.05. The van der Waals surface area contributed by atoms with Gasteiger partial charge in [-0.2, -0.15) is 5.26 Å². The van der Waals surface area contributed by atoms with Crippen molar-refractivity contribution in [3.05, 3.63) is 99.7 Å². The number of hydrogen-bond acceptors (Lipinski definition) is 7. The summed E-state index contributed by atoms with van der Waals surface area (Å²) in [5.74, 6) is -2.80. The summed E-state index contributed by atoms with van der Waals surface area (Å²) in [7, 11) is 0. The summed E-state index contributed by atoms with van der Waals surface area (Å²) in [5, 5.41) is 9.77. The number of benzene rings is 3. The molecule has 0 aromatic heterocycles. The molecule has 1 heterocycles. The molecule has 0 radical (unpaired) electrons. The van der Waals surface area contributed by atoms with Gasteiger partial charge in [0.05, 0.1) is 5.92 Å². The summed E-state index contributed by atoms with van der Waals surface area (Å²) < 4.78 is 30.8. The highest BCUT2D eigenvalue weighted by molar-refractivity contribution is 6.31. The van der Waals surface area contributed by atoms with Crippen molar-refractivity contribution in [3.63, 3.8) is 0 Å². The van der Waals surface area contributed by atoms with Crippen molar-refractivity contribution in [2.24, 2.45) is 5.73 Å². The largest absolute Gasteiger partial charge is 0.440 e. The Labute approximate surface area is 198 Å². The highest BCUT2D eigenvalue weighted by atomic mass is 35.5. The fourth-order valence-corrected chi connectivity index (χ4v) is 3.90. The van der Waals surface area contributed by atoms with Crippen LogP contribution in [0.3, 0.4) is 0 Å². The first-order chi connectivity index (χ1) is 16.3. The Kier molecular flexibility index (Phi) is 6.21. The molecule has 0 aliphatic carbocycles. The third kappa shape index (κ3) is 4.29. The van der Waals surface area contributed by atoms with Crippen molar-refractivity contribution in [2.45, 2.75) is 12.8 Å². The van der Waals surface area contributed by atoms with Crippen LogP contribution in [0.2, 0.25) is 5.02 Å². The molecule has 0 fully saturated rings. The van der Waals surface area contributed by atoms with Crippen molar-refractivity contribution >= 4 is 23.5 Å². The van der Waals surface area contributed by atoms with Crippen LogP contribution in [-0.4, -0.2) is 11.9 Å². The number of rotatable bonds is 4. The van der Waals surface area contributed by atoms with Crippen LogP contribution in [-0.2, 0) is 4.79 Å². The van der Waals surface area contributed by atoms with Gasteiger partial charge in [-0.05, 0) is 30.3 Å². The van der Waals surface area contributed by atoms with Gasteiger partial charge in [-0.25, -0.2) is 9.18 Å². The number of nitrogens with zero attached hydrogens (tertiary/aromatic N) is 1. The van der Waals surface area contributed by atoms with E-state index in [9.17, 15) is 19.2 Å². The van der Waals surface area contributed by atoms with Crippen molar-refractivity contribution in [1.82, 2.24) is 0 Å². The maximum Gasteiger partial charge on any atom is 0.347 e. The number of esters is 2. The fraction of sp³-hybridized carbons (Fsp3) is 0.0800. The number of fused-ring (bicyclic) bond motifs is 1. The molecule has 4 rings (SSSR count). The maximum absolute atomic E-state index is 14.7. The Bertz CT molecular complexity index is 1380. The molecule has 0 spiro atoms. The number of ether oxygens (including phenoxy) is 3. The molecule has 34 heavy (non-hydrogen) atoms. The van der Waals surface area contributed by atoms with Gasteiger partial charge in [0.25, 0.3) is 0 Å². The first kappa shape index (κ1) is 22.8. The van der Waals surface area contributed by atoms with Crippen LogP contribution in [0.1, 0.15) is 34.3 Å². The molecule has 170 valence electrons. The molecule has 0 saturated carbocycles. The van der Waals surface area contributed by atoms with Gasteiger partial charge in [0.1, 0.15) is 40.3 Å². The van der Waals surface area contributed by atoms with E-state index in [-0.39, 0.29) is 44.9 Å². The van der Waals surface area contributed by atoms with E-state index in [0.717, 1.165) is 0 Å². The highest BCUT2D eigenvalue weighted by Gasteiger charge is 2.34. The van der Waals surface area contributed by atoms with Crippen molar-refractivity contribution < 1.29 is 28.2 Å². The standard InChI is InChI=1S/C25H16ClFN2O5/c1-13(30)32-20-8-3-2-5-16(20)25(31)33-14-9-10-15-21(11-14)34-24(29)17(12-28)22(15)23-18(26)6-4-7-19(23)27/h2-11,22H,29H2,1H3. The molecule has 9 heteroatoms. The fourth-order valence-electron chi connectivity index (χ4n) is 3.62. The van der Waals surface area contributed by atoms with E-state index in [1.54, 1.807) is 12.1 Å². The summed E-state index contributed by atoms with van der Waals surface area (Å²) in [6, 6.07) is 16.7. The second-order valence-electron chi connectivity index (χ2n) is 7.24. The van der Waals surface area contributed by atoms with E-state index in [1.165, 1.54) is 55.5 Å². The zero-order valence-corrected chi connectivity index (χ0v) is 18.4. The van der Waals surface area contributed by atoms with Crippen LogP contribution in [0.4, 0.5) is 4.39 Å². The second kappa shape index (κ2) is 9.25. The normalized spacial score (nSPS) is 14.5. The molecule has 1 atom stereocenters. The molecule has 0 bridgehead atoms. The average Bonchev–Trinajstić information content (AvgIpc) is 2.78. The lowest BCUT2D eigenvalue weighted by molar-refractivity contribution is -0.131. The molecule has 2 N–H and O–H groups in total. The summed E-state index contributed by atoms with van der Waals surface area (Å²) in [5.41, 5.74) is 6.49. The van der Waals surface area contributed by atoms with Gasteiger partial charge in [-0.1, -0.05) is 35.9 Å². The predicted octanol–water partition coefficient (Wildman–Crippen LogP) is 4.84. The van der Waals surface area contributed by atoms with Crippen molar-refractivity contribution in [1.29, 1.82) is 5.26 Å². The number of para-hydroxylation sites is 1. The molecular formula is C25H16ClFN2O5. The number of carbonyl (C=O) groups is 2. The van der Waals surface area contributed by atoms with Crippen LogP contribution in [0.25, 0.3) is 0 Å². The molecule has 7 nitrogen and oxygen atoms in total. The molecule has 1 aliphatic rings. The topological polar surface area (TPSA) is 112 Å². The molecule has 1 unspecified atom stereocenters. The maximum atomic E-state index is 14.7. The summed E-state index contributed by atoms with van der Waals surface area (Å²) in [4.78, 5) is 24.0. The van der Waals surface area contributed by atoms with Crippen LogP contribution in [0.15, 0.2) is 72.1 Å². The molecule has 0 amide bonds. The van der Waals surface area contributed by atoms with Crippen LogP contribution < -0.4 is 19.9 Å². The van der Waals surface area contributed by atoms with Gasteiger partial charge in [0, 0.05) is 29.1 Å². The average molecular weight is 479 g/mol. The Morgan fingerprint density at radius 3 is 2.59 bits per heavy atom. The lowest BCUT2D eigenvalue weighted by atomic mass is 9.83. The predicted molar refractivity (Wildman–Crippen MR) is 120 cm³/mol. The smallest absolute Gasteiger partial charge is 0.347 e. The Morgan fingerprint density at radius 1 is 1.12 bits per heavy atom. The molecule has 0 saturated heterocycles. The van der Waals surface area contributed by atoms with Gasteiger partial charge >= 0.3 is 11.9 Å². The number of carbonyl (C=O) groups excluding carboxylic acids is 2. The monoisotopic (exact) mass is 478 g/mol. The minimum absolute atomic E-state index is 0.000413. The second-order valence-corrected chi connectivity index (χ2v) is 7.65. The van der Waals surface area contributed by atoms with E-state index in [4.69, 9.17) is 31.5 Å². The number of allylic oxidation sites excluding steroid dienone is 1. The lowest BCUT2D eigenvalue weighted by Gasteiger charge is -2.27. The van der Waals surface area contributed by atoms with Gasteiger partial charge in [-0.3, -0.25) is 4.79 Å². The van der Waals surface area contributed by atoms with E-state index < -0.39 is 23.7 Å². The van der Waals surface area contributed by atoms with Crippen LogP contribution in [0.5, 0.6) is 17.2 Å². The number of nitriles is 1. The summed E-state index contributed by atoms with van der Waals surface area (Å²) >= 11 is 6.26. The first-order valence-electron chi connectivity index (χ1n) is 9.95. The minimum atomic E-state index is -0.920. The van der Waals surface area contributed by atoms with Crippen LogP contribution in [0, 0.1) is 17.1 Å². The summed E-state index contributed by atoms with van der Waals surface area (Å²) in [6.45, 7) is 1.22. The van der Waals surface area contributed by atoms with Crippen LogP contribution >= 0.6 is 11.6 Å². The van der Waals surface area contributed by atoms with Gasteiger partial charge in [0.15, 0.2) is 0 Å². The van der Waals surface area contributed by atoms with Crippen molar-refractivity contribution in [3.8, 4) is 23.3 Å². The number of hydrogen-bond donors (Lipinski definition) is 1. The lowest BCUT2D eigenvalue weighted by Crippen LogP contribution is -2.22. The number of halogens is 2. The Hall–Kier alpha value is -4.35. The van der Waals surface area contributed by atoms with E-state index in [1.807, 2.05) is 6.07 Å². The molecular weight excluding hydrogens is 463 g/mol. The Balaban J connectivity index is 1.71. The number of nitrogens with two attached hydrogens (primary N) is 1. The van der Waals surface area contributed by atoms with Gasteiger partial charge in [0.2, 0.25) is 5.88 Å². The molecule has 3 aromatic rings. The van der Waals surface area contributed by atoms with Gasteiger partial charge in [-0.15, -0.1) is 0 Å². The summed E-state index contributed by atoms with van der Waals surface area (Å²) in [6.07, 6.45) is 0. The molecule has 1 aliphatic heterocycles. The molecule has 3 aromatic carbocycles. The highest BCUT2D eigenvalue weighted by Crippen LogP contribution is 2.46. The van der Waals surface area contributed by atoms with Gasteiger partial charge < -0.3 is 19.9 Å². The first-order valence-corrected chi connectivity index (χ1v) is 10.3. The quantitative estimate of drug-likeness (QED) is 0.421. The SMILES string of the molecule is CC(=O)Oc1ccccc1C(=O)Oc1ccc2c(c1)OC(N)=C(C#N)C2c1c(F)cccc1Cl. The zero-order chi connectivity index (χ0) is 24.4. The Morgan fingerprint density at radius 2 is 1.88 bits per heavy atom.